The molecule has 2 rings (SSSR count). The zero-order valence-electron chi connectivity index (χ0n) is 10.0. The predicted octanol–water partition coefficient (Wildman–Crippen LogP) is 2.10. The first-order chi connectivity index (χ1) is 8.19. The number of rotatable bonds is 6. The maximum atomic E-state index is 5.55. The van der Waals surface area contributed by atoms with Crippen LogP contribution in [0.5, 0.6) is 0 Å². The van der Waals surface area contributed by atoms with Gasteiger partial charge < -0.3 is 11.1 Å². The summed E-state index contributed by atoms with van der Waals surface area (Å²) in [6.07, 6.45) is 6.71. The van der Waals surface area contributed by atoms with E-state index < -0.39 is 0 Å². The maximum absolute atomic E-state index is 5.55. The molecule has 5 heteroatoms. The third-order valence-electron chi connectivity index (χ3n) is 3.05. The summed E-state index contributed by atoms with van der Waals surface area (Å²) in [7, 11) is 0. The van der Waals surface area contributed by atoms with Crippen LogP contribution in [-0.2, 0) is 0 Å². The van der Waals surface area contributed by atoms with Crippen LogP contribution in [0.1, 0.15) is 38.3 Å². The van der Waals surface area contributed by atoms with Crippen molar-refractivity contribution in [1.29, 1.82) is 0 Å². The maximum Gasteiger partial charge on any atom is 0.223 e. The van der Waals surface area contributed by atoms with E-state index in [0.717, 1.165) is 12.3 Å². The molecule has 3 N–H and O–H groups in total. The van der Waals surface area contributed by atoms with Crippen molar-refractivity contribution in [3.05, 3.63) is 18.0 Å². The van der Waals surface area contributed by atoms with Crippen LogP contribution in [0, 0.1) is 5.92 Å². The van der Waals surface area contributed by atoms with Gasteiger partial charge in [-0.05, 0) is 24.8 Å². The summed E-state index contributed by atoms with van der Waals surface area (Å²) in [6, 6.07) is 2.18. The van der Waals surface area contributed by atoms with Crippen LogP contribution in [0.2, 0.25) is 0 Å². The van der Waals surface area contributed by atoms with Gasteiger partial charge in [0.15, 0.2) is 0 Å². The van der Waals surface area contributed by atoms with Crippen molar-refractivity contribution in [1.82, 2.24) is 9.97 Å². The second kappa shape index (κ2) is 5.40. The van der Waals surface area contributed by atoms with Crippen LogP contribution in [-0.4, -0.2) is 21.0 Å². The molecule has 1 saturated carbocycles. The van der Waals surface area contributed by atoms with Gasteiger partial charge in [-0.1, -0.05) is 32.0 Å². The Balaban J connectivity index is 2.00. The molecule has 0 radical (unpaired) electrons. The van der Waals surface area contributed by atoms with E-state index in [1.165, 1.54) is 19.3 Å². The van der Waals surface area contributed by atoms with E-state index in [4.69, 9.17) is 18.0 Å². The van der Waals surface area contributed by atoms with E-state index in [0.29, 0.717) is 22.7 Å². The number of hydrogen-bond acceptors (Lipinski definition) is 4. The van der Waals surface area contributed by atoms with Gasteiger partial charge in [0.25, 0.3) is 0 Å². The Labute approximate surface area is 107 Å². The lowest BCUT2D eigenvalue weighted by Crippen LogP contribution is -2.22. The molecule has 0 aromatic carbocycles. The van der Waals surface area contributed by atoms with Crippen molar-refractivity contribution in [3.63, 3.8) is 0 Å². The van der Waals surface area contributed by atoms with Crippen molar-refractivity contribution >= 4 is 23.2 Å². The second-order valence-electron chi connectivity index (χ2n) is 4.56. The molecule has 1 atom stereocenters. The van der Waals surface area contributed by atoms with Gasteiger partial charge in [0.2, 0.25) is 5.95 Å². The number of hydrogen-bond donors (Lipinski definition) is 2. The highest BCUT2D eigenvalue weighted by atomic mass is 32.1. The summed E-state index contributed by atoms with van der Waals surface area (Å²) >= 11 is 4.90. The zero-order chi connectivity index (χ0) is 12.3. The molecule has 4 nitrogen and oxygen atoms in total. The Kier molecular flexibility index (Phi) is 3.89. The molecule has 0 aliphatic heterocycles. The number of nitrogens with one attached hydrogen (secondary N) is 1. The Morgan fingerprint density at radius 2 is 2.41 bits per heavy atom. The fraction of sp³-hybridized carbons (Fsp3) is 0.583. The first-order valence-corrected chi connectivity index (χ1v) is 6.49. The normalized spacial score (nSPS) is 16.5. The fourth-order valence-electron chi connectivity index (χ4n) is 1.83. The summed E-state index contributed by atoms with van der Waals surface area (Å²) in [5.41, 5.74) is 6.17. The summed E-state index contributed by atoms with van der Waals surface area (Å²) in [4.78, 5) is 8.81. The zero-order valence-corrected chi connectivity index (χ0v) is 10.8. The quantitative estimate of drug-likeness (QED) is 0.757. The van der Waals surface area contributed by atoms with Crippen molar-refractivity contribution in [3.8, 4) is 0 Å². The third kappa shape index (κ3) is 3.63. The van der Waals surface area contributed by atoms with E-state index in [2.05, 4.69) is 22.2 Å². The fourth-order valence-corrected chi connectivity index (χ4v) is 1.95. The highest BCUT2D eigenvalue weighted by Gasteiger charge is 2.24. The summed E-state index contributed by atoms with van der Waals surface area (Å²) in [6.45, 7) is 2.18. The van der Waals surface area contributed by atoms with Gasteiger partial charge in [0.1, 0.15) is 10.7 Å². The van der Waals surface area contributed by atoms with Gasteiger partial charge >= 0.3 is 0 Å². The second-order valence-corrected chi connectivity index (χ2v) is 5.00. The van der Waals surface area contributed by atoms with Gasteiger partial charge in [-0.2, -0.15) is 0 Å². The van der Waals surface area contributed by atoms with Crippen molar-refractivity contribution in [2.45, 2.75) is 38.6 Å². The lowest BCUT2D eigenvalue weighted by molar-refractivity contribution is 0.583. The molecule has 1 unspecified atom stereocenters. The lowest BCUT2D eigenvalue weighted by Gasteiger charge is -2.16. The Bertz CT molecular complexity index is 403. The number of nitrogens with zero attached hydrogens (tertiary/aromatic N) is 2. The van der Waals surface area contributed by atoms with Crippen LogP contribution in [0.15, 0.2) is 12.3 Å². The third-order valence-corrected chi connectivity index (χ3v) is 3.26. The minimum absolute atomic E-state index is 0.311. The summed E-state index contributed by atoms with van der Waals surface area (Å²) in [5.74, 6) is 1.52. The first kappa shape index (κ1) is 12.2. The molecule has 0 bridgehead atoms. The monoisotopic (exact) mass is 250 g/mol. The predicted molar refractivity (Wildman–Crippen MR) is 73.0 cm³/mol. The average Bonchev–Trinajstić information content (AvgIpc) is 3.12. The standard InChI is InChI=1S/C12H18N4S/c1-2-9(7-8-3-4-8)15-12-14-6-5-10(16-12)11(13)17/h5-6,8-9H,2-4,7H2,1H3,(H2,13,17)(H,14,15,16). The van der Waals surface area contributed by atoms with E-state index >= 15 is 0 Å². The van der Waals surface area contributed by atoms with Gasteiger partial charge in [-0.15, -0.1) is 0 Å². The SMILES string of the molecule is CCC(CC1CC1)Nc1nccc(C(N)=S)n1. The molecule has 1 heterocycles. The van der Waals surface area contributed by atoms with Crippen LogP contribution in [0.25, 0.3) is 0 Å². The molecule has 1 aliphatic rings. The lowest BCUT2D eigenvalue weighted by atomic mass is 10.1. The van der Waals surface area contributed by atoms with Gasteiger partial charge in [-0.25, -0.2) is 9.97 Å². The molecular formula is C12H18N4S. The molecule has 0 amide bonds. The average molecular weight is 250 g/mol. The van der Waals surface area contributed by atoms with E-state index in [9.17, 15) is 0 Å². The van der Waals surface area contributed by atoms with E-state index in [1.807, 2.05) is 0 Å². The molecule has 1 aromatic rings. The highest BCUT2D eigenvalue weighted by Crippen LogP contribution is 2.34. The summed E-state index contributed by atoms with van der Waals surface area (Å²) < 4.78 is 0. The van der Waals surface area contributed by atoms with E-state index in [-0.39, 0.29) is 0 Å². The van der Waals surface area contributed by atoms with Crippen molar-refractivity contribution in [2.75, 3.05) is 5.32 Å². The molecular weight excluding hydrogens is 232 g/mol. The summed E-state index contributed by atoms with van der Waals surface area (Å²) in [5, 5.41) is 3.36. The van der Waals surface area contributed by atoms with E-state index in [1.54, 1.807) is 12.3 Å². The number of nitrogens with two attached hydrogens (primary N) is 1. The number of thiocarbonyl (C=S) groups is 1. The van der Waals surface area contributed by atoms with Gasteiger partial charge in [0, 0.05) is 12.2 Å². The van der Waals surface area contributed by atoms with Crippen LogP contribution < -0.4 is 11.1 Å². The molecule has 0 saturated heterocycles. The van der Waals surface area contributed by atoms with Crippen LogP contribution in [0.4, 0.5) is 5.95 Å². The van der Waals surface area contributed by atoms with Crippen molar-refractivity contribution < 1.29 is 0 Å². The Morgan fingerprint density at radius 3 is 3.00 bits per heavy atom. The molecule has 0 spiro atoms. The van der Waals surface area contributed by atoms with Crippen LogP contribution in [0.3, 0.4) is 0 Å². The minimum atomic E-state index is 0.311. The number of anilines is 1. The van der Waals surface area contributed by atoms with Gasteiger partial charge in [-0.3, -0.25) is 0 Å². The minimum Gasteiger partial charge on any atom is -0.388 e. The Morgan fingerprint density at radius 1 is 1.65 bits per heavy atom. The van der Waals surface area contributed by atoms with Crippen LogP contribution >= 0.6 is 12.2 Å². The molecule has 1 aromatic heterocycles. The molecule has 1 aliphatic carbocycles. The largest absolute Gasteiger partial charge is 0.388 e. The van der Waals surface area contributed by atoms with Gasteiger partial charge in [0.05, 0.1) is 0 Å². The molecule has 17 heavy (non-hydrogen) atoms. The highest BCUT2D eigenvalue weighted by molar-refractivity contribution is 7.80. The first-order valence-electron chi connectivity index (χ1n) is 6.08. The topological polar surface area (TPSA) is 63.8 Å². The molecule has 92 valence electrons. The Hall–Kier alpha value is -1.23. The number of aromatic nitrogens is 2. The smallest absolute Gasteiger partial charge is 0.223 e. The van der Waals surface area contributed by atoms with Crippen molar-refractivity contribution in [2.24, 2.45) is 11.7 Å². The molecule has 1 fully saturated rings.